The molecule has 1 amide bonds. The summed E-state index contributed by atoms with van der Waals surface area (Å²) in [6, 6.07) is 7.62. The van der Waals surface area contributed by atoms with E-state index in [4.69, 9.17) is 10.5 Å². The molecule has 4 heteroatoms. The van der Waals surface area contributed by atoms with Crippen molar-refractivity contribution in [1.82, 2.24) is 5.32 Å². The molecule has 3 N–H and O–H groups in total. The van der Waals surface area contributed by atoms with Crippen LogP contribution in [-0.2, 0) is 4.79 Å². The third-order valence-corrected chi connectivity index (χ3v) is 2.78. The molecule has 1 aromatic rings. The molecule has 0 saturated carbocycles. The van der Waals surface area contributed by atoms with Crippen molar-refractivity contribution in [2.45, 2.75) is 19.9 Å². The minimum Gasteiger partial charge on any atom is -0.497 e. The number of benzene rings is 1. The van der Waals surface area contributed by atoms with E-state index in [2.05, 4.69) is 5.32 Å². The molecule has 0 aliphatic carbocycles. The highest BCUT2D eigenvalue weighted by Crippen LogP contribution is 2.17. The third-order valence-electron chi connectivity index (χ3n) is 2.78. The fraction of sp³-hybridized carbons (Fsp3) is 0.462. The fourth-order valence-corrected chi connectivity index (χ4v) is 1.44. The minimum atomic E-state index is -0.157. The predicted octanol–water partition coefficient (Wildman–Crippen LogP) is 1.47. The number of amides is 1. The molecule has 0 bridgehead atoms. The Balaban J connectivity index is 2.63. The molecule has 0 aliphatic rings. The first-order chi connectivity index (χ1) is 8.08. The summed E-state index contributed by atoms with van der Waals surface area (Å²) in [4.78, 5) is 11.7. The Morgan fingerprint density at radius 1 is 1.35 bits per heavy atom. The van der Waals surface area contributed by atoms with Crippen molar-refractivity contribution < 1.29 is 9.53 Å². The molecule has 0 fully saturated rings. The SMILES string of the molecule is COc1ccc(C(C)NC(=O)C(C)CN)cc1. The number of methoxy groups -OCH3 is 1. The van der Waals surface area contributed by atoms with E-state index in [1.807, 2.05) is 38.1 Å². The van der Waals surface area contributed by atoms with Crippen molar-refractivity contribution >= 4 is 5.91 Å². The summed E-state index contributed by atoms with van der Waals surface area (Å²) in [6.07, 6.45) is 0. The Morgan fingerprint density at radius 3 is 2.41 bits per heavy atom. The summed E-state index contributed by atoms with van der Waals surface area (Å²) in [5, 5.41) is 2.92. The highest BCUT2D eigenvalue weighted by Gasteiger charge is 2.14. The van der Waals surface area contributed by atoms with Crippen LogP contribution in [0.15, 0.2) is 24.3 Å². The monoisotopic (exact) mass is 236 g/mol. The molecule has 0 aromatic heterocycles. The van der Waals surface area contributed by atoms with Crippen LogP contribution in [0.2, 0.25) is 0 Å². The lowest BCUT2D eigenvalue weighted by Gasteiger charge is -2.17. The number of ether oxygens (including phenoxy) is 1. The molecule has 0 saturated heterocycles. The smallest absolute Gasteiger partial charge is 0.224 e. The van der Waals surface area contributed by atoms with Crippen LogP contribution in [0.3, 0.4) is 0 Å². The van der Waals surface area contributed by atoms with Crippen molar-refractivity contribution in [3.63, 3.8) is 0 Å². The zero-order valence-corrected chi connectivity index (χ0v) is 10.6. The Bertz CT molecular complexity index is 362. The summed E-state index contributed by atoms with van der Waals surface area (Å²) >= 11 is 0. The van der Waals surface area contributed by atoms with Crippen LogP contribution in [0.25, 0.3) is 0 Å². The molecule has 0 aliphatic heterocycles. The number of nitrogens with one attached hydrogen (secondary N) is 1. The molecular formula is C13H20N2O2. The van der Waals surface area contributed by atoms with Crippen molar-refractivity contribution in [2.24, 2.45) is 11.7 Å². The van der Waals surface area contributed by atoms with Gasteiger partial charge in [0.15, 0.2) is 0 Å². The molecule has 2 atom stereocenters. The maximum Gasteiger partial charge on any atom is 0.224 e. The van der Waals surface area contributed by atoms with Gasteiger partial charge in [-0.1, -0.05) is 19.1 Å². The maximum absolute atomic E-state index is 11.7. The van der Waals surface area contributed by atoms with E-state index in [0.717, 1.165) is 11.3 Å². The number of hydrogen-bond donors (Lipinski definition) is 2. The van der Waals surface area contributed by atoms with Gasteiger partial charge in [-0.25, -0.2) is 0 Å². The van der Waals surface area contributed by atoms with Crippen molar-refractivity contribution in [1.29, 1.82) is 0 Å². The number of hydrogen-bond acceptors (Lipinski definition) is 3. The molecule has 17 heavy (non-hydrogen) atoms. The van der Waals surface area contributed by atoms with Gasteiger partial charge in [0.05, 0.1) is 13.2 Å². The van der Waals surface area contributed by atoms with Gasteiger partial charge in [-0.15, -0.1) is 0 Å². The topological polar surface area (TPSA) is 64.3 Å². The van der Waals surface area contributed by atoms with E-state index >= 15 is 0 Å². The van der Waals surface area contributed by atoms with Gasteiger partial charge in [-0.2, -0.15) is 0 Å². The molecule has 1 rings (SSSR count). The molecule has 0 spiro atoms. The van der Waals surface area contributed by atoms with Gasteiger partial charge in [0.25, 0.3) is 0 Å². The Kier molecular flexibility index (Phi) is 4.97. The number of nitrogens with two attached hydrogens (primary N) is 1. The van der Waals surface area contributed by atoms with Gasteiger partial charge >= 0.3 is 0 Å². The maximum atomic E-state index is 11.7. The summed E-state index contributed by atoms with van der Waals surface area (Å²) in [5.74, 6) is 0.633. The van der Waals surface area contributed by atoms with E-state index in [1.165, 1.54) is 0 Å². The van der Waals surface area contributed by atoms with Crippen LogP contribution in [0, 0.1) is 5.92 Å². The molecular weight excluding hydrogens is 216 g/mol. The minimum absolute atomic E-state index is 0.0178. The fourth-order valence-electron chi connectivity index (χ4n) is 1.44. The lowest BCUT2D eigenvalue weighted by Crippen LogP contribution is -2.34. The zero-order chi connectivity index (χ0) is 12.8. The molecule has 0 heterocycles. The Hall–Kier alpha value is -1.55. The second-order valence-electron chi connectivity index (χ2n) is 4.14. The highest BCUT2D eigenvalue weighted by molar-refractivity contribution is 5.78. The number of carbonyl (C=O) groups excluding carboxylic acids is 1. The Morgan fingerprint density at radius 2 is 1.94 bits per heavy atom. The molecule has 2 unspecified atom stereocenters. The van der Waals surface area contributed by atoms with Crippen molar-refractivity contribution in [3.05, 3.63) is 29.8 Å². The van der Waals surface area contributed by atoms with Gasteiger partial charge in [0.2, 0.25) is 5.91 Å². The first kappa shape index (κ1) is 13.5. The molecule has 4 nitrogen and oxygen atoms in total. The van der Waals surface area contributed by atoms with Crippen LogP contribution >= 0.6 is 0 Å². The second-order valence-corrected chi connectivity index (χ2v) is 4.14. The molecule has 94 valence electrons. The first-order valence-corrected chi connectivity index (χ1v) is 5.73. The standard InChI is InChI=1S/C13H20N2O2/c1-9(8-14)13(16)15-10(2)11-4-6-12(17-3)7-5-11/h4-7,9-10H,8,14H2,1-3H3,(H,15,16). The molecule has 0 radical (unpaired) electrons. The quantitative estimate of drug-likeness (QED) is 0.813. The van der Waals surface area contributed by atoms with Crippen molar-refractivity contribution in [3.8, 4) is 5.75 Å². The van der Waals surface area contributed by atoms with E-state index in [1.54, 1.807) is 7.11 Å². The summed E-state index contributed by atoms with van der Waals surface area (Å²) < 4.78 is 5.08. The largest absolute Gasteiger partial charge is 0.497 e. The van der Waals surface area contributed by atoms with E-state index < -0.39 is 0 Å². The van der Waals surface area contributed by atoms with Crippen LogP contribution < -0.4 is 15.8 Å². The Labute approximate surface area is 102 Å². The lowest BCUT2D eigenvalue weighted by molar-refractivity contribution is -0.124. The van der Waals surface area contributed by atoms with Gasteiger partial charge in [-0.3, -0.25) is 4.79 Å². The predicted molar refractivity (Wildman–Crippen MR) is 67.8 cm³/mol. The summed E-state index contributed by atoms with van der Waals surface area (Å²) in [5.41, 5.74) is 6.49. The third kappa shape index (κ3) is 3.75. The van der Waals surface area contributed by atoms with Gasteiger partial charge in [0.1, 0.15) is 5.75 Å². The number of carbonyl (C=O) groups is 1. The van der Waals surface area contributed by atoms with E-state index in [-0.39, 0.29) is 17.9 Å². The molecule has 1 aromatic carbocycles. The highest BCUT2D eigenvalue weighted by atomic mass is 16.5. The number of rotatable bonds is 5. The van der Waals surface area contributed by atoms with Crippen molar-refractivity contribution in [2.75, 3.05) is 13.7 Å². The average Bonchev–Trinajstić information content (AvgIpc) is 2.37. The van der Waals surface area contributed by atoms with Crippen LogP contribution in [0.4, 0.5) is 0 Å². The van der Waals surface area contributed by atoms with Crippen LogP contribution in [0.5, 0.6) is 5.75 Å². The lowest BCUT2D eigenvalue weighted by atomic mass is 10.1. The average molecular weight is 236 g/mol. The van der Waals surface area contributed by atoms with Gasteiger partial charge in [0, 0.05) is 12.5 Å². The van der Waals surface area contributed by atoms with Crippen LogP contribution in [0.1, 0.15) is 25.5 Å². The van der Waals surface area contributed by atoms with E-state index in [0.29, 0.717) is 6.54 Å². The zero-order valence-electron chi connectivity index (χ0n) is 10.6. The summed E-state index contributed by atoms with van der Waals surface area (Å²) in [6.45, 7) is 4.13. The van der Waals surface area contributed by atoms with E-state index in [9.17, 15) is 4.79 Å². The van der Waals surface area contributed by atoms with Gasteiger partial charge < -0.3 is 15.8 Å². The summed E-state index contributed by atoms with van der Waals surface area (Å²) in [7, 11) is 1.63. The first-order valence-electron chi connectivity index (χ1n) is 5.73. The second kappa shape index (κ2) is 6.25. The normalized spacial score (nSPS) is 13.9. The van der Waals surface area contributed by atoms with Gasteiger partial charge in [-0.05, 0) is 24.6 Å². The van der Waals surface area contributed by atoms with Crippen LogP contribution in [-0.4, -0.2) is 19.6 Å².